The smallest absolute Gasteiger partial charge is 0.276 e. The molecule has 0 bridgehead atoms. The first kappa shape index (κ1) is 23.1. The maximum atomic E-state index is 12.2. The van der Waals surface area contributed by atoms with Gasteiger partial charge in [-0.2, -0.15) is 0 Å². The number of hydrogen-bond donors (Lipinski definition) is 3. The minimum absolute atomic E-state index is 0.0415. The molecule has 0 saturated heterocycles. The highest BCUT2D eigenvalue weighted by Gasteiger charge is 2.09. The molecule has 30 heavy (non-hydrogen) atoms. The molecular weight excluding hydrogens is 406 g/mol. The molecule has 0 radical (unpaired) electrons. The summed E-state index contributed by atoms with van der Waals surface area (Å²) in [4.78, 5) is 24.1. The highest BCUT2D eigenvalue weighted by molar-refractivity contribution is 7.80. The summed E-state index contributed by atoms with van der Waals surface area (Å²) in [6.07, 6.45) is 0. The van der Waals surface area contributed by atoms with E-state index in [9.17, 15) is 9.59 Å². The van der Waals surface area contributed by atoms with Crippen LogP contribution >= 0.6 is 12.2 Å². The van der Waals surface area contributed by atoms with Crippen molar-refractivity contribution in [1.29, 1.82) is 0 Å². The Morgan fingerprint density at radius 1 is 0.900 bits per heavy atom. The van der Waals surface area contributed by atoms with E-state index in [-0.39, 0.29) is 11.7 Å². The Bertz CT molecular complexity index is 866. The fourth-order valence-electron chi connectivity index (χ4n) is 2.48. The van der Waals surface area contributed by atoms with Crippen molar-refractivity contribution in [3.8, 4) is 11.5 Å². The van der Waals surface area contributed by atoms with E-state index in [4.69, 9.17) is 26.4 Å². The maximum absolute atomic E-state index is 12.2. The van der Waals surface area contributed by atoms with E-state index in [0.29, 0.717) is 30.3 Å². The topological polar surface area (TPSA) is 97.9 Å². The lowest BCUT2D eigenvalue weighted by Crippen LogP contribution is -2.49. The molecule has 0 heterocycles. The summed E-state index contributed by atoms with van der Waals surface area (Å²) in [5.41, 5.74) is 7.32. The van der Waals surface area contributed by atoms with Crippen LogP contribution in [0, 0.1) is 13.8 Å². The molecule has 2 aromatic rings. The van der Waals surface area contributed by atoms with Crippen molar-refractivity contribution in [2.45, 2.75) is 13.8 Å². The Kier molecular flexibility index (Phi) is 9.04. The number of nitrogens with one attached hydrogen (secondary N) is 3. The minimum atomic E-state index is -0.441. The Morgan fingerprint density at radius 2 is 1.57 bits per heavy atom. The summed E-state index contributed by atoms with van der Waals surface area (Å²) >= 11 is 5.02. The third kappa shape index (κ3) is 8.06. The molecule has 2 aromatic carbocycles. The summed E-state index contributed by atoms with van der Waals surface area (Å²) in [7, 11) is 1.59. The second-order valence-electron chi connectivity index (χ2n) is 6.43. The van der Waals surface area contributed by atoms with Gasteiger partial charge in [-0.3, -0.25) is 25.8 Å². The van der Waals surface area contributed by atoms with Crippen LogP contribution in [0.15, 0.2) is 42.5 Å². The SMILES string of the molecule is COCCOc1ccc(C(=O)NC(=S)NNC(=O)COc2cc(C)cc(C)c2)cc1. The lowest BCUT2D eigenvalue weighted by atomic mass is 10.1. The molecule has 9 heteroatoms. The fourth-order valence-corrected chi connectivity index (χ4v) is 2.62. The van der Waals surface area contributed by atoms with Gasteiger partial charge in [-0.05, 0) is 73.6 Å². The molecule has 3 N–H and O–H groups in total. The molecule has 160 valence electrons. The molecule has 2 rings (SSSR count). The first-order chi connectivity index (χ1) is 14.4. The summed E-state index contributed by atoms with van der Waals surface area (Å²) < 4.78 is 15.8. The van der Waals surface area contributed by atoms with Gasteiger partial charge in [-0.15, -0.1) is 0 Å². The maximum Gasteiger partial charge on any atom is 0.276 e. The van der Waals surface area contributed by atoms with Gasteiger partial charge >= 0.3 is 0 Å². The molecule has 0 aliphatic rings. The second-order valence-corrected chi connectivity index (χ2v) is 6.84. The molecular formula is C21H25N3O5S. The zero-order chi connectivity index (χ0) is 21.9. The largest absolute Gasteiger partial charge is 0.491 e. The van der Waals surface area contributed by atoms with E-state index >= 15 is 0 Å². The summed E-state index contributed by atoms with van der Waals surface area (Å²) in [5.74, 6) is 0.369. The fraction of sp³-hybridized carbons (Fsp3) is 0.286. The van der Waals surface area contributed by atoms with Gasteiger partial charge in [0.1, 0.15) is 18.1 Å². The standard InChI is InChI=1S/C21H25N3O5S/c1-14-10-15(2)12-18(11-14)29-13-19(25)23-24-21(30)22-20(26)16-4-6-17(7-5-16)28-9-8-27-3/h4-7,10-12H,8-9,13H2,1-3H3,(H,23,25)(H2,22,24,26,30). The van der Waals surface area contributed by atoms with E-state index in [2.05, 4.69) is 16.2 Å². The van der Waals surface area contributed by atoms with E-state index < -0.39 is 11.8 Å². The number of carbonyl (C=O) groups excluding carboxylic acids is 2. The molecule has 0 unspecified atom stereocenters. The van der Waals surface area contributed by atoms with Crippen LogP contribution in [-0.2, 0) is 9.53 Å². The van der Waals surface area contributed by atoms with Crippen LogP contribution in [0.5, 0.6) is 11.5 Å². The van der Waals surface area contributed by atoms with Crippen molar-refractivity contribution in [1.82, 2.24) is 16.2 Å². The highest BCUT2D eigenvalue weighted by Crippen LogP contribution is 2.16. The Balaban J connectivity index is 1.72. The normalized spacial score (nSPS) is 10.1. The van der Waals surface area contributed by atoms with Gasteiger partial charge in [0.25, 0.3) is 11.8 Å². The molecule has 0 atom stereocenters. The molecule has 0 aliphatic heterocycles. The monoisotopic (exact) mass is 431 g/mol. The Labute approximate surface area is 180 Å². The number of ether oxygens (including phenoxy) is 3. The molecule has 0 saturated carbocycles. The quantitative estimate of drug-likeness (QED) is 0.334. The summed E-state index contributed by atoms with van der Waals surface area (Å²) in [6, 6.07) is 12.3. The predicted octanol–water partition coefficient (Wildman–Crippen LogP) is 2.04. The van der Waals surface area contributed by atoms with Crippen molar-refractivity contribution in [2.24, 2.45) is 0 Å². The zero-order valence-electron chi connectivity index (χ0n) is 17.1. The van der Waals surface area contributed by atoms with Crippen molar-refractivity contribution in [3.63, 3.8) is 0 Å². The van der Waals surface area contributed by atoms with Gasteiger partial charge in [0, 0.05) is 12.7 Å². The average molecular weight is 432 g/mol. The number of aryl methyl sites for hydroxylation is 2. The lowest BCUT2D eigenvalue weighted by Gasteiger charge is -2.12. The van der Waals surface area contributed by atoms with Crippen molar-refractivity contribution in [3.05, 3.63) is 59.2 Å². The highest BCUT2D eigenvalue weighted by atomic mass is 32.1. The van der Waals surface area contributed by atoms with Crippen LogP contribution in [0.3, 0.4) is 0 Å². The van der Waals surface area contributed by atoms with Crippen LogP contribution in [0.1, 0.15) is 21.5 Å². The molecule has 8 nitrogen and oxygen atoms in total. The van der Waals surface area contributed by atoms with E-state index in [1.165, 1.54) is 0 Å². The number of methoxy groups -OCH3 is 1. The first-order valence-corrected chi connectivity index (χ1v) is 9.61. The van der Waals surface area contributed by atoms with E-state index in [0.717, 1.165) is 11.1 Å². The first-order valence-electron chi connectivity index (χ1n) is 9.20. The van der Waals surface area contributed by atoms with Crippen molar-refractivity contribution >= 4 is 29.1 Å². The molecule has 2 amide bonds. The van der Waals surface area contributed by atoms with Crippen LogP contribution in [-0.4, -0.2) is 43.9 Å². The lowest BCUT2D eigenvalue weighted by molar-refractivity contribution is -0.123. The number of hydrazine groups is 1. The van der Waals surface area contributed by atoms with Crippen LogP contribution < -0.4 is 25.6 Å². The Hall–Kier alpha value is -3.17. The van der Waals surface area contributed by atoms with Gasteiger partial charge in [0.2, 0.25) is 0 Å². The molecule has 0 spiro atoms. The predicted molar refractivity (Wildman–Crippen MR) is 117 cm³/mol. The van der Waals surface area contributed by atoms with E-state index in [1.807, 2.05) is 32.0 Å². The summed E-state index contributed by atoms with van der Waals surface area (Å²) in [6.45, 7) is 4.60. The summed E-state index contributed by atoms with van der Waals surface area (Å²) in [5, 5.41) is 2.44. The third-order valence-electron chi connectivity index (χ3n) is 3.78. The van der Waals surface area contributed by atoms with Crippen molar-refractivity contribution < 1.29 is 23.8 Å². The van der Waals surface area contributed by atoms with Gasteiger partial charge in [-0.25, -0.2) is 0 Å². The zero-order valence-corrected chi connectivity index (χ0v) is 17.9. The van der Waals surface area contributed by atoms with Gasteiger partial charge < -0.3 is 14.2 Å². The molecule has 0 aromatic heterocycles. The number of thiocarbonyl (C=S) groups is 1. The number of carbonyl (C=O) groups is 2. The van der Waals surface area contributed by atoms with Crippen molar-refractivity contribution in [2.75, 3.05) is 26.9 Å². The second kappa shape index (κ2) is 11.7. The number of rotatable bonds is 8. The average Bonchev–Trinajstić information content (AvgIpc) is 2.70. The Morgan fingerprint density at radius 3 is 2.20 bits per heavy atom. The van der Waals surface area contributed by atoms with Crippen LogP contribution in [0.25, 0.3) is 0 Å². The van der Waals surface area contributed by atoms with Gasteiger partial charge in [-0.1, -0.05) is 6.07 Å². The number of amides is 2. The van der Waals surface area contributed by atoms with E-state index in [1.54, 1.807) is 31.4 Å². The van der Waals surface area contributed by atoms with Crippen LogP contribution in [0.2, 0.25) is 0 Å². The van der Waals surface area contributed by atoms with Gasteiger partial charge in [0.05, 0.1) is 6.61 Å². The minimum Gasteiger partial charge on any atom is -0.491 e. The third-order valence-corrected chi connectivity index (χ3v) is 3.98. The van der Waals surface area contributed by atoms with Crippen LogP contribution in [0.4, 0.5) is 0 Å². The number of benzene rings is 2. The van der Waals surface area contributed by atoms with Gasteiger partial charge in [0.15, 0.2) is 11.7 Å². The number of hydrogen-bond acceptors (Lipinski definition) is 6. The molecule has 0 fully saturated rings. The molecule has 0 aliphatic carbocycles.